The Bertz CT molecular complexity index is 491. The van der Waals surface area contributed by atoms with Crippen molar-refractivity contribution >= 4 is 11.7 Å². The van der Waals surface area contributed by atoms with Gasteiger partial charge in [-0.05, 0) is 57.3 Å². The predicted octanol–water partition coefficient (Wildman–Crippen LogP) is 4.31. The Kier molecular flexibility index (Phi) is 13.9. The molecule has 1 aliphatic rings. The average Bonchev–Trinajstić information content (AvgIpc) is 2.95. The van der Waals surface area contributed by atoms with E-state index in [0.717, 1.165) is 32.1 Å². The summed E-state index contributed by atoms with van der Waals surface area (Å²) in [6.45, 7) is 4.76. The maximum atomic E-state index is 12.2. The largest absolute Gasteiger partial charge is 0.393 e. The molecule has 29 heavy (non-hydrogen) atoms. The average molecular weight is 410 g/mol. The summed E-state index contributed by atoms with van der Waals surface area (Å²) >= 11 is 0. The lowest BCUT2D eigenvalue weighted by Crippen LogP contribution is -2.22. The number of ketones is 1. The van der Waals surface area contributed by atoms with Crippen LogP contribution in [0.3, 0.4) is 0 Å². The van der Waals surface area contributed by atoms with Gasteiger partial charge in [0.1, 0.15) is 5.78 Å². The molecule has 168 valence electrons. The van der Waals surface area contributed by atoms with E-state index in [2.05, 4.69) is 24.4 Å². The second-order valence-electron chi connectivity index (χ2n) is 8.49. The molecule has 0 saturated heterocycles. The van der Waals surface area contributed by atoms with E-state index in [4.69, 9.17) is 0 Å². The van der Waals surface area contributed by atoms with Crippen LogP contribution >= 0.6 is 0 Å². The monoisotopic (exact) mass is 409 g/mol. The number of unbranched alkanes of at least 4 members (excludes halogenated alkanes) is 5. The van der Waals surface area contributed by atoms with Crippen molar-refractivity contribution in [1.82, 2.24) is 5.32 Å². The molecule has 5 nitrogen and oxygen atoms in total. The highest BCUT2D eigenvalue weighted by molar-refractivity contribution is 5.78. The van der Waals surface area contributed by atoms with Crippen molar-refractivity contribution in [3.8, 4) is 0 Å². The molecule has 1 rings (SSSR count). The fourth-order valence-corrected chi connectivity index (χ4v) is 4.32. The lowest BCUT2D eigenvalue weighted by Gasteiger charge is -2.22. The zero-order chi connectivity index (χ0) is 21.5. The van der Waals surface area contributed by atoms with Crippen LogP contribution in [0.4, 0.5) is 0 Å². The van der Waals surface area contributed by atoms with E-state index in [1.807, 2.05) is 6.92 Å². The Morgan fingerprint density at radius 2 is 1.62 bits per heavy atom. The summed E-state index contributed by atoms with van der Waals surface area (Å²) in [7, 11) is 0. The van der Waals surface area contributed by atoms with Crippen LogP contribution in [0.2, 0.25) is 0 Å². The van der Waals surface area contributed by atoms with Gasteiger partial charge >= 0.3 is 0 Å². The molecule has 1 saturated carbocycles. The molecule has 0 radical (unpaired) electrons. The Labute approximate surface area is 177 Å². The Morgan fingerprint density at radius 3 is 2.34 bits per heavy atom. The first kappa shape index (κ1) is 25.8. The Hall–Kier alpha value is -1.20. The topological polar surface area (TPSA) is 86.6 Å². The number of aliphatic hydroxyl groups is 2. The van der Waals surface area contributed by atoms with E-state index < -0.39 is 12.2 Å². The molecule has 0 heterocycles. The van der Waals surface area contributed by atoms with Crippen molar-refractivity contribution in [1.29, 1.82) is 0 Å². The van der Waals surface area contributed by atoms with Crippen LogP contribution in [0.25, 0.3) is 0 Å². The smallest absolute Gasteiger partial charge is 0.219 e. The maximum absolute atomic E-state index is 12.2. The number of rotatable bonds is 16. The highest BCUT2D eigenvalue weighted by Crippen LogP contribution is 2.38. The third-order valence-electron chi connectivity index (χ3n) is 6.06. The van der Waals surface area contributed by atoms with Gasteiger partial charge in [0, 0.05) is 25.8 Å². The summed E-state index contributed by atoms with van der Waals surface area (Å²) in [5.41, 5.74) is 0. The molecule has 0 spiro atoms. The number of carbonyl (C=O) groups excluding carboxylic acids is 2. The number of hydrogen-bond donors (Lipinski definition) is 3. The third kappa shape index (κ3) is 10.9. The van der Waals surface area contributed by atoms with Crippen LogP contribution in [-0.4, -0.2) is 40.7 Å². The highest BCUT2D eigenvalue weighted by atomic mass is 16.3. The van der Waals surface area contributed by atoms with Gasteiger partial charge in [0.2, 0.25) is 5.91 Å². The summed E-state index contributed by atoms with van der Waals surface area (Å²) in [5.74, 6) is 0.385. The van der Waals surface area contributed by atoms with Crippen molar-refractivity contribution in [3.05, 3.63) is 12.2 Å². The van der Waals surface area contributed by atoms with E-state index in [1.165, 1.54) is 19.3 Å². The first-order chi connectivity index (χ1) is 14.0. The van der Waals surface area contributed by atoms with Gasteiger partial charge in [0.15, 0.2) is 0 Å². The lowest BCUT2D eigenvalue weighted by atomic mass is 9.86. The van der Waals surface area contributed by atoms with Crippen molar-refractivity contribution in [2.45, 2.75) is 110 Å². The summed E-state index contributed by atoms with van der Waals surface area (Å²) in [4.78, 5) is 23.6. The molecule has 5 heteroatoms. The molecular weight excluding hydrogens is 366 g/mol. The normalized spacial score (nSPS) is 24.3. The van der Waals surface area contributed by atoms with Crippen LogP contribution in [0.5, 0.6) is 0 Å². The first-order valence-corrected chi connectivity index (χ1v) is 11.8. The summed E-state index contributed by atoms with van der Waals surface area (Å²) < 4.78 is 0. The molecule has 0 aliphatic heterocycles. The van der Waals surface area contributed by atoms with Crippen LogP contribution < -0.4 is 5.32 Å². The molecule has 0 aromatic heterocycles. The Morgan fingerprint density at radius 1 is 0.897 bits per heavy atom. The van der Waals surface area contributed by atoms with Crippen LogP contribution in [0.1, 0.15) is 97.3 Å². The second kappa shape index (κ2) is 15.6. The molecule has 4 atom stereocenters. The minimum atomic E-state index is -0.515. The van der Waals surface area contributed by atoms with E-state index in [-0.39, 0.29) is 23.5 Å². The van der Waals surface area contributed by atoms with Crippen molar-refractivity contribution in [3.63, 3.8) is 0 Å². The summed E-state index contributed by atoms with van der Waals surface area (Å²) in [5, 5.41) is 23.4. The quantitative estimate of drug-likeness (QED) is 0.262. The molecule has 0 aromatic rings. The minimum absolute atomic E-state index is 0.00553. The number of aliphatic hydroxyl groups excluding tert-OH is 2. The van der Waals surface area contributed by atoms with Crippen LogP contribution in [0, 0.1) is 11.8 Å². The van der Waals surface area contributed by atoms with Gasteiger partial charge in [-0.3, -0.25) is 9.59 Å². The van der Waals surface area contributed by atoms with Gasteiger partial charge in [-0.15, -0.1) is 0 Å². The molecule has 1 fully saturated rings. The second-order valence-corrected chi connectivity index (χ2v) is 8.49. The van der Waals surface area contributed by atoms with E-state index >= 15 is 0 Å². The van der Waals surface area contributed by atoms with Crippen molar-refractivity contribution in [2.75, 3.05) is 6.54 Å². The lowest BCUT2D eigenvalue weighted by molar-refractivity contribution is -0.121. The molecule has 4 unspecified atom stereocenters. The molecular formula is C24H43NO4. The van der Waals surface area contributed by atoms with Gasteiger partial charge in [0.05, 0.1) is 12.2 Å². The van der Waals surface area contributed by atoms with E-state index in [0.29, 0.717) is 38.6 Å². The number of allylic oxidation sites excluding steroid dienone is 2. The first-order valence-electron chi connectivity index (χ1n) is 11.8. The molecule has 1 aliphatic carbocycles. The predicted molar refractivity (Wildman–Crippen MR) is 118 cm³/mol. The fourth-order valence-electron chi connectivity index (χ4n) is 4.32. The summed E-state index contributed by atoms with van der Waals surface area (Å²) in [6, 6.07) is 0. The Balaban J connectivity index is 2.30. The van der Waals surface area contributed by atoms with Crippen LogP contribution in [-0.2, 0) is 9.59 Å². The number of Topliss-reactive ketones (excluding diaryl/α,β-unsaturated/α-hetero) is 1. The molecule has 3 N–H and O–H groups in total. The van der Waals surface area contributed by atoms with Gasteiger partial charge < -0.3 is 15.5 Å². The SMILES string of the molecule is CCCCCCCC(=O)CCC1C(O)CC(O)C1CC=CCCCC(=O)NCC. The zero-order valence-electron chi connectivity index (χ0n) is 18.6. The highest BCUT2D eigenvalue weighted by Gasteiger charge is 2.40. The fraction of sp³-hybridized carbons (Fsp3) is 0.833. The van der Waals surface area contributed by atoms with Gasteiger partial charge in [0.25, 0.3) is 0 Å². The summed E-state index contributed by atoms with van der Waals surface area (Å²) in [6.07, 6.45) is 14.0. The number of hydrogen-bond acceptors (Lipinski definition) is 4. The minimum Gasteiger partial charge on any atom is -0.393 e. The standard InChI is InChI=1S/C24H43NO4/c1-3-5-6-7-10-13-19(26)16-17-21-20(22(27)18-23(21)28)14-11-8-9-12-15-24(29)25-4-2/h8,11,20-23,27-28H,3-7,9-10,12-18H2,1-2H3,(H,25,29). The molecule has 1 amide bonds. The van der Waals surface area contributed by atoms with E-state index in [9.17, 15) is 19.8 Å². The number of carbonyl (C=O) groups is 2. The van der Waals surface area contributed by atoms with Crippen molar-refractivity contribution < 1.29 is 19.8 Å². The third-order valence-corrected chi connectivity index (χ3v) is 6.06. The van der Waals surface area contributed by atoms with Gasteiger partial charge in [-0.2, -0.15) is 0 Å². The maximum Gasteiger partial charge on any atom is 0.219 e. The number of nitrogens with one attached hydrogen (secondary N) is 1. The molecule has 0 bridgehead atoms. The van der Waals surface area contributed by atoms with Crippen molar-refractivity contribution in [2.24, 2.45) is 11.8 Å². The molecule has 0 aromatic carbocycles. The van der Waals surface area contributed by atoms with Gasteiger partial charge in [-0.1, -0.05) is 44.8 Å². The zero-order valence-corrected chi connectivity index (χ0v) is 18.6. The van der Waals surface area contributed by atoms with E-state index in [1.54, 1.807) is 0 Å². The van der Waals surface area contributed by atoms with Crippen LogP contribution in [0.15, 0.2) is 12.2 Å². The number of amides is 1. The van der Waals surface area contributed by atoms with Gasteiger partial charge in [-0.25, -0.2) is 0 Å².